The van der Waals surface area contributed by atoms with Crippen LogP contribution in [0.4, 0.5) is 0 Å². The standard InChI is InChI=1S/C11H9ClO3/c1-5-3-8-10(6(2)11(5)12)7(13)4-9(14)15-8/h3-4,13H,1-2H3. The molecule has 0 fully saturated rings. The highest BCUT2D eigenvalue weighted by Gasteiger charge is 2.11. The molecule has 3 nitrogen and oxygen atoms in total. The summed E-state index contributed by atoms with van der Waals surface area (Å²) < 4.78 is 4.98. The van der Waals surface area contributed by atoms with Gasteiger partial charge in [0.25, 0.3) is 0 Å². The third kappa shape index (κ3) is 1.49. The van der Waals surface area contributed by atoms with Gasteiger partial charge in [0.05, 0.1) is 11.5 Å². The van der Waals surface area contributed by atoms with E-state index < -0.39 is 5.63 Å². The Bertz CT molecular complexity index is 599. The molecular weight excluding hydrogens is 216 g/mol. The minimum Gasteiger partial charge on any atom is -0.507 e. The van der Waals surface area contributed by atoms with Gasteiger partial charge in [0.1, 0.15) is 11.3 Å². The van der Waals surface area contributed by atoms with Crippen molar-refractivity contribution in [2.75, 3.05) is 0 Å². The highest BCUT2D eigenvalue weighted by atomic mass is 35.5. The molecule has 1 aromatic heterocycles. The van der Waals surface area contributed by atoms with Crippen molar-refractivity contribution in [1.29, 1.82) is 0 Å². The van der Waals surface area contributed by atoms with Crippen LogP contribution >= 0.6 is 11.6 Å². The van der Waals surface area contributed by atoms with E-state index in [2.05, 4.69) is 0 Å². The Morgan fingerprint density at radius 1 is 1.33 bits per heavy atom. The van der Waals surface area contributed by atoms with Crippen LogP contribution in [0.1, 0.15) is 11.1 Å². The summed E-state index contributed by atoms with van der Waals surface area (Å²) in [5, 5.41) is 10.7. The zero-order chi connectivity index (χ0) is 11.2. The lowest BCUT2D eigenvalue weighted by atomic mass is 10.1. The van der Waals surface area contributed by atoms with Gasteiger partial charge in [-0.2, -0.15) is 0 Å². The number of hydrogen-bond donors (Lipinski definition) is 1. The summed E-state index contributed by atoms with van der Waals surface area (Å²) in [6, 6.07) is 2.69. The van der Waals surface area contributed by atoms with E-state index in [0.29, 0.717) is 21.6 Å². The van der Waals surface area contributed by atoms with Crippen molar-refractivity contribution in [2.45, 2.75) is 13.8 Å². The first-order valence-electron chi connectivity index (χ1n) is 4.43. The molecule has 0 atom stereocenters. The summed E-state index contributed by atoms with van der Waals surface area (Å²) >= 11 is 6.04. The summed E-state index contributed by atoms with van der Waals surface area (Å²) in [6.07, 6.45) is 0. The van der Waals surface area contributed by atoms with Crippen molar-refractivity contribution in [3.8, 4) is 5.75 Å². The first-order valence-corrected chi connectivity index (χ1v) is 4.81. The van der Waals surface area contributed by atoms with E-state index in [9.17, 15) is 9.90 Å². The SMILES string of the molecule is Cc1cc2oc(=O)cc(O)c2c(C)c1Cl. The Morgan fingerprint density at radius 2 is 2.00 bits per heavy atom. The Labute approximate surface area is 90.9 Å². The fourth-order valence-electron chi connectivity index (χ4n) is 1.64. The molecule has 0 radical (unpaired) electrons. The second kappa shape index (κ2) is 3.28. The molecule has 2 rings (SSSR count). The Morgan fingerprint density at radius 3 is 2.67 bits per heavy atom. The van der Waals surface area contributed by atoms with Crippen LogP contribution in [0.25, 0.3) is 11.0 Å². The molecule has 0 amide bonds. The van der Waals surface area contributed by atoms with Gasteiger partial charge in [0, 0.05) is 5.02 Å². The molecular formula is C11H9ClO3. The average molecular weight is 225 g/mol. The largest absolute Gasteiger partial charge is 0.507 e. The molecule has 2 aromatic rings. The number of halogens is 1. The molecule has 0 saturated carbocycles. The molecule has 0 saturated heterocycles. The second-order valence-electron chi connectivity index (χ2n) is 3.46. The van der Waals surface area contributed by atoms with Gasteiger partial charge in [-0.25, -0.2) is 4.79 Å². The van der Waals surface area contributed by atoms with Gasteiger partial charge in [-0.05, 0) is 31.0 Å². The summed E-state index contributed by atoms with van der Waals surface area (Å²) in [6.45, 7) is 3.59. The van der Waals surface area contributed by atoms with Crippen LogP contribution in [0.5, 0.6) is 5.75 Å². The van der Waals surface area contributed by atoms with E-state index in [0.717, 1.165) is 11.6 Å². The summed E-state index contributed by atoms with van der Waals surface area (Å²) in [4.78, 5) is 11.1. The molecule has 78 valence electrons. The third-order valence-electron chi connectivity index (χ3n) is 2.37. The van der Waals surface area contributed by atoms with E-state index in [1.165, 1.54) is 0 Å². The fraction of sp³-hybridized carbons (Fsp3) is 0.182. The van der Waals surface area contributed by atoms with E-state index >= 15 is 0 Å². The monoisotopic (exact) mass is 224 g/mol. The van der Waals surface area contributed by atoms with Gasteiger partial charge in [0.15, 0.2) is 0 Å². The number of benzene rings is 1. The minimum absolute atomic E-state index is 0.0966. The lowest BCUT2D eigenvalue weighted by Gasteiger charge is -2.07. The van der Waals surface area contributed by atoms with Crippen LogP contribution in [0.3, 0.4) is 0 Å². The zero-order valence-corrected chi connectivity index (χ0v) is 9.05. The number of aryl methyl sites for hydroxylation is 2. The lowest BCUT2D eigenvalue weighted by Crippen LogP contribution is -1.97. The predicted octanol–water partition coefficient (Wildman–Crippen LogP) is 2.77. The highest BCUT2D eigenvalue weighted by Crippen LogP contribution is 2.32. The lowest BCUT2D eigenvalue weighted by molar-refractivity contribution is 0.467. The molecule has 15 heavy (non-hydrogen) atoms. The summed E-state index contributed by atoms with van der Waals surface area (Å²) in [5.74, 6) is -0.0966. The van der Waals surface area contributed by atoms with Crippen LogP contribution in [-0.2, 0) is 0 Å². The van der Waals surface area contributed by atoms with Crippen LogP contribution in [0.2, 0.25) is 5.02 Å². The topological polar surface area (TPSA) is 50.4 Å². The maximum atomic E-state index is 11.1. The van der Waals surface area contributed by atoms with Gasteiger partial charge < -0.3 is 9.52 Å². The molecule has 0 unspecified atom stereocenters. The molecule has 0 aliphatic rings. The van der Waals surface area contributed by atoms with E-state index in [1.54, 1.807) is 13.0 Å². The summed E-state index contributed by atoms with van der Waals surface area (Å²) in [7, 11) is 0. The number of aromatic hydroxyl groups is 1. The van der Waals surface area contributed by atoms with Crippen molar-refractivity contribution >= 4 is 22.6 Å². The Balaban J connectivity index is 3.05. The van der Waals surface area contributed by atoms with Gasteiger partial charge in [-0.15, -0.1) is 0 Å². The second-order valence-corrected chi connectivity index (χ2v) is 3.83. The van der Waals surface area contributed by atoms with E-state index in [-0.39, 0.29) is 5.75 Å². The van der Waals surface area contributed by atoms with Gasteiger partial charge >= 0.3 is 5.63 Å². The van der Waals surface area contributed by atoms with Crippen LogP contribution < -0.4 is 5.63 Å². The number of rotatable bonds is 0. The van der Waals surface area contributed by atoms with Gasteiger partial charge in [-0.1, -0.05) is 11.6 Å². The first kappa shape index (κ1) is 10.1. The maximum Gasteiger partial charge on any atom is 0.339 e. The number of fused-ring (bicyclic) bond motifs is 1. The predicted molar refractivity (Wildman–Crippen MR) is 58.6 cm³/mol. The van der Waals surface area contributed by atoms with Crippen molar-refractivity contribution in [3.63, 3.8) is 0 Å². The Kier molecular flexibility index (Phi) is 2.20. The maximum absolute atomic E-state index is 11.1. The van der Waals surface area contributed by atoms with Crippen molar-refractivity contribution in [1.82, 2.24) is 0 Å². The average Bonchev–Trinajstić information content (AvgIpc) is 2.13. The zero-order valence-electron chi connectivity index (χ0n) is 8.30. The Hall–Kier alpha value is -1.48. The number of hydrogen-bond acceptors (Lipinski definition) is 3. The highest BCUT2D eigenvalue weighted by molar-refractivity contribution is 6.33. The molecule has 0 aliphatic carbocycles. The summed E-state index contributed by atoms with van der Waals surface area (Å²) in [5.41, 5.74) is 1.32. The van der Waals surface area contributed by atoms with Crippen LogP contribution in [0, 0.1) is 13.8 Å². The third-order valence-corrected chi connectivity index (χ3v) is 2.95. The molecule has 0 spiro atoms. The van der Waals surface area contributed by atoms with Crippen LogP contribution in [0.15, 0.2) is 21.3 Å². The van der Waals surface area contributed by atoms with E-state index in [4.69, 9.17) is 16.0 Å². The molecule has 0 bridgehead atoms. The molecule has 4 heteroatoms. The fourth-order valence-corrected chi connectivity index (χ4v) is 1.79. The molecule has 1 N–H and O–H groups in total. The van der Waals surface area contributed by atoms with Crippen molar-refractivity contribution in [2.24, 2.45) is 0 Å². The minimum atomic E-state index is -0.568. The normalized spacial score (nSPS) is 10.9. The first-order chi connectivity index (χ1) is 7.00. The van der Waals surface area contributed by atoms with E-state index in [1.807, 2.05) is 6.92 Å². The smallest absolute Gasteiger partial charge is 0.339 e. The molecule has 1 heterocycles. The molecule has 1 aromatic carbocycles. The van der Waals surface area contributed by atoms with Crippen molar-refractivity contribution < 1.29 is 9.52 Å². The van der Waals surface area contributed by atoms with Gasteiger partial charge in [0.2, 0.25) is 0 Å². The van der Waals surface area contributed by atoms with Crippen molar-refractivity contribution in [3.05, 3.63) is 38.7 Å². The van der Waals surface area contributed by atoms with Gasteiger partial charge in [-0.3, -0.25) is 0 Å². The molecule has 0 aliphatic heterocycles. The van der Waals surface area contributed by atoms with Crippen LogP contribution in [-0.4, -0.2) is 5.11 Å². The quantitative estimate of drug-likeness (QED) is 0.700.